The van der Waals surface area contributed by atoms with Crippen molar-refractivity contribution in [3.05, 3.63) is 43.1 Å². The van der Waals surface area contributed by atoms with E-state index in [4.69, 9.17) is 0 Å². The van der Waals surface area contributed by atoms with E-state index in [2.05, 4.69) is 20.2 Å². The van der Waals surface area contributed by atoms with E-state index in [1.807, 2.05) is 22.6 Å². The maximum atomic E-state index is 4.11. The Hall–Kier alpha value is -2.30. The molecular weight excluding hydrogens is 190 g/mol. The molecular formula is C10H7N5. The molecule has 0 aromatic carbocycles. The first-order valence-corrected chi connectivity index (χ1v) is 4.50. The first-order valence-electron chi connectivity index (χ1n) is 4.50. The standard InChI is InChI=1S/C10H7N5/c1-4-11-5-2-8(1)10-14-13-9-3-6-12-7-15(9)10/h1-7H. The molecule has 0 bridgehead atoms. The zero-order chi connectivity index (χ0) is 10.1. The van der Waals surface area contributed by atoms with Gasteiger partial charge in [0.15, 0.2) is 11.5 Å². The van der Waals surface area contributed by atoms with Gasteiger partial charge in [0.25, 0.3) is 0 Å². The zero-order valence-corrected chi connectivity index (χ0v) is 7.78. The first kappa shape index (κ1) is 8.05. The van der Waals surface area contributed by atoms with Crippen LogP contribution < -0.4 is 0 Å². The smallest absolute Gasteiger partial charge is 0.169 e. The van der Waals surface area contributed by atoms with E-state index in [0.717, 1.165) is 17.0 Å². The minimum atomic E-state index is 0.778. The molecule has 0 aliphatic rings. The molecule has 0 amide bonds. The van der Waals surface area contributed by atoms with Gasteiger partial charge in [-0.05, 0) is 12.1 Å². The van der Waals surface area contributed by atoms with Crippen LogP contribution in [0, 0.1) is 0 Å². The molecule has 3 heterocycles. The van der Waals surface area contributed by atoms with Crippen LogP contribution in [0.3, 0.4) is 0 Å². The maximum Gasteiger partial charge on any atom is 0.169 e. The summed E-state index contributed by atoms with van der Waals surface area (Å²) < 4.78 is 1.84. The van der Waals surface area contributed by atoms with Crippen LogP contribution in [0.25, 0.3) is 17.0 Å². The van der Waals surface area contributed by atoms with Crippen LogP contribution in [0.4, 0.5) is 0 Å². The maximum absolute atomic E-state index is 4.11. The molecule has 3 rings (SSSR count). The minimum Gasteiger partial charge on any atom is -0.265 e. The lowest BCUT2D eigenvalue weighted by atomic mass is 10.2. The highest BCUT2D eigenvalue weighted by Crippen LogP contribution is 2.15. The average Bonchev–Trinajstić information content (AvgIpc) is 2.74. The molecule has 0 radical (unpaired) electrons. The van der Waals surface area contributed by atoms with Gasteiger partial charge in [-0.1, -0.05) is 0 Å². The van der Waals surface area contributed by atoms with Crippen LogP contribution in [0.15, 0.2) is 43.1 Å². The van der Waals surface area contributed by atoms with E-state index in [1.54, 1.807) is 24.9 Å². The molecule has 0 aliphatic carbocycles. The topological polar surface area (TPSA) is 56.0 Å². The van der Waals surface area contributed by atoms with Crippen molar-refractivity contribution in [3.63, 3.8) is 0 Å². The summed E-state index contributed by atoms with van der Waals surface area (Å²) in [4.78, 5) is 8.00. The van der Waals surface area contributed by atoms with Crippen molar-refractivity contribution in [1.82, 2.24) is 24.6 Å². The average molecular weight is 197 g/mol. The van der Waals surface area contributed by atoms with E-state index in [-0.39, 0.29) is 0 Å². The van der Waals surface area contributed by atoms with E-state index in [0.29, 0.717) is 0 Å². The Kier molecular flexibility index (Phi) is 1.68. The molecule has 15 heavy (non-hydrogen) atoms. The number of nitrogens with zero attached hydrogens (tertiary/aromatic N) is 5. The summed E-state index contributed by atoms with van der Waals surface area (Å²) in [5.74, 6) is 0.778. The highest BCUT2D eigenvalue weighted by atomic mass is 15.3. The molecule has 0 saturated carbocycles. The Morgan fingerprint density at radius 1 is 0.867 bits per heavy atom. The van der Waals surface area contributed by atoms with Gasteiger partial charge in [-0.25, -0.2) is 4.98 Å². The van der Waals surface area contributed by atoms with Crippen LogP contribution >= 0.6 is 0 Å². The minimum absolute atomic E-state index is 0.778. The van der Waals surface area contributed by atoms with Crippen molar-refractivity contribution < 1.29 is 0 Å². The lowest BCUT2D eigenvalue weighted by Crippen LogP contribution is -1.89. The highest BCUT2D eigenvalue weighted by molar-refractivity contribution is 5.57. The monoisotopic (exact) mass is 197 g/mol. The van der Waals surface area contributed by atoms with Crippen LogP contribution in [0.1, 0.15) is 0 Å². The fourth-order valence-corrected chi connectivity index (χ4v) is 1.44. The second-order valence-electron chi connectivity index (χ2n) is 3.07. The summed E-state index contributed by atoms with van der Waals surface area (Å²) in [5, 5.41) is 8.16. The molecule has 0 unspecified atom stereocenters. The third-order valence-corrected chi connectivity index (χ3v) is 2.15. The molecule has 5 heteroatoms. The van der Waals surface area contributed by atoms with Gasteiger partial charge in [0.2, 0.25) is 0 Å². The summed E-state index contributed by atoms with van der Waals surface area (Å²) in [6.45, 7) is 0. The third-order valence-electron chi connectivity index (χ3n) is 2.15. The third kappa shape index (κ3) is 1.25. The molecule has 5 nitrogen and oxygen atoms in total. The Morgan fingerprint density at radius 3 is 2.53 bits per heavy atom. The summed E-state index contributed by atoms with van der Waals surface area (Å²) in [6, 6.07) is 5.60. The number of pyridine rings is 1. The fourth-order valence-electron chi connectivity index (χ4n) is 1.44. The molecule has 0 N–H and O–H groups in total. The van der Waals surface area contributed by atoms with E-state index in [1.165, 1.54) is 0 Å². The summed E-state index contributed by atoms with van der Waals surface area (Å²) >= 11 is 0. The molecule has 0 spiro atoms. The molecule has 0 aliphatic heterocycles. The van der Waals surface area contributed by atoms with Gasteiger partial charge in [-0.3, -0.25) is 9.38 Å². The molecule has 3 aromatic heterocycles. The van der Waals surface area contributed by atoms with Gasteiger partial charge in [0.05, 0.1) is 0 Å². The van der Waals surface area contributed by atoms with Crippen LogP contribution in [-0.4, -0.2) is 24.6 Å². The van der Waals surface area contributed by atoms with E-state index >= 15 is 0 Å². The molecule has 0 atom stereocenters. The fraction of sp³-hybridized carbons (Fsp3) is 0. The Balaban J connectivity index is 2.28. The van der Waals surface area contributed by atoms with Gasteiger partial charge in [-0.2, -0.15) is 0 Å². The predicted molar refractivity (Wildman–Crippen MR) is 54.0 cm³/mol. The Morgan fingerprint density at radius 2 is 1.67 bits per heavy atom. The van der Waals surface area contributed by atoms with Gasteiger partial charge < -0.3 is 0 Å². The Bertz CT molecular complexity index is 587. The van der Waals surface area contributed by atoms with Crippen LogP contribution in [0.5, 0.6) is 0 Å². The number of rotatable bonds is 1. The number of aromatic nitrogens is 5. The van der Waals surface area contributed by atoms with Gasteiger partial charge in [0.1, 0.15) is 6.33 Å². The molecule has 0 fully saturated rings. The van der Waals surface area contributed by atoms with Crippen molar-refractivity contribution in [2.24, 2.45) is 0 Å². The Labute approximate surface area is 85.5 Å². The van der Waals surface area contributed by atoms with Gasteiger partial charge in [0, 0.05) is 30.2 Å². The quantitative estimate of drug-likeness (QED) is 0.588. The van der Waals surface area contributed by atoms with Crippen LogP contribution in [-0.2, 0) is 0 Å². The zero-order valence-electron chi connectivity index (χ0n) is 7.78. The normalized spacial score (nSPS) is 10.7. The number of fused-ring (bicyclic) bond motifs is 1. The van der Waals surface area contributed by atoms with Gasteiger partial charge >= 0.3 is 0 Å². The lowest BCUT2D eigenvalue weighted by Gasteiger charge is -1.97. The SMILES string of the molecule is c1cc(-c2nnc3ccncn23)ccn1. The lowest BCUT2D eigenvalue weighted by molar-refractivity contribution is 1.08. The van der Waals surface area contributed by atoms with Crippen molar-refractivity contribution in [2.75, 3.05) is 0 Å². The van der Waals surface area contributed by atoms with Crippen molar-refractivity contribution >= 4 is 5.65 Å². The second kappa shape index (κ2) is 3.13. The second-order valence-corrected chi connectivity index (χ2v) is 3.07. The van der Waals surface area contributed by atoms with Crippen molar-refractivity contribution in [2.45, 2.75) is 0 Å². The highest BCUT2D eigenvalue weighted by Gasteiger charge is 2.06. The largest absolute Gasteiger partial charge is 0.265 e. The van der Waals surface area contributed by atoms with Gasteiger partial charge in [-0.15, -0.1) is 10.2 Å². The summed E-state index contributed by atoms with van der Waals surface area (Å²) in [5.41, 5.74) is 1.77. The predicted octanol–water partition coefficient (Wildman–Crippen LogP) is 1.19. The van der Waals surface area contributed by atoms with E-state index in [9.17, 15) is 0 Å². The number of hydrogen-bond acceptors (Lipinski definition) is 4. The molecule has 72 valence electrons. The summed E-state index contributed by atoms with van der Waals surface area (Å²) in [7, 11) is 0. The van der Waals surface area contributed by atoms with Crippen molar-refractivity contribution in [3.8, 4) is 11.4 Å². The molecule has 0 saturated heterocycles. The summed E-state index contributed by atoms with van der Waals surface area (Å²) in [6.07, 6.45) is 6.85. The molecule has 3 aromatic rings. The first-order chi connectivity index (χ1) is 7.45. The number of hydrogen-bond donors (Lipinski definition) is 0. The van der Waals surface area contributed by atoms with Crippen LogP contribution in [0.2, 0.25) is 0 Å². The van der Waals surface area contributed by atoms with E-state index < -0.39 is 0 Å². The van der Waals surface area contributed by atoms with Crippen molar-refractivity contribution in [1.29, 1.82) is 0 Å².